The molecule has 19 heavy (non-hydrogen) atoms. The molecule has 4 N–H and O–H groups in total. The van der Waals surface area contributed by atoms with Crippen LogP contribution < -0.4 is 16.4 Å². The Balaban J connectivity index is 2.05. The zero-order chi connectivity index (χ0) is 13.8. The molecule has 0 radical (unpaired) electrons. The van der Waals surface area contributed by atoms with Crippen LogP contribution in [0.25, 0.3) is 0 Å². The zero-order valence-electron chi connectivity index (χ0n) is 9.78. The van der Waals surface area contributed by atoms with Gasteiger partial charge in [0.05, 0.1) is 0 Å². The number of anilines is 3. The first-order valence-electron chi connectivity index (χ1n) is 5.42. The number of urea groups is 1. The number of nitrogens with two attached hydrogens (primary N) is 1. The molecule has 6 heteroatoms. The van der Waals surface area contributed by atoms with Crippen LogP contribution in [0.15, 0.2) is 42.5 Å². The maximum Gasteiger partial charge on any atom is 0.323 e. The van der Waals surface area contributed by atoms with Gasteiger partial charge in [0, 0.05) is 22.1 Å². The first-order chi connectivity index (χ1) is 9.02. The van der Waals surface area contributed by atoms with Crippen molar-refractivity contribution in [2.75, 3.05) is 16.4 Å². The maximum absolute atomic E-state index is 13.1. The van der Waals surface area contributed by atoms with Crippen molar-refractivity contribution in [3.05, 3.63) is 53.3 Å². The van der Waals surface area contributed by atoms with E-state index in [0.29, 0.717) is 11.4 Å². The number of halogens is 2. The molecule has 0 saturated carbocycles. The SMILES string of the molecule is Nc1cccc(NC(=O)Nc2cc(F)cc(Cl)c2)c1. The monoisotopic (exact) mass is 279 g/mol. The van der Waals surface area contributed by atoms with Gasteiger partial charge in [-0.05, 0) is 36.4 Å². The van der Waals surface area contributed by atoms with E-state index in [1.165, 1.54) is 12.1 Å². The van der Waals surface area contributed by atoms with E-state index in [1.807, 2.05) is 0 Å². The van der Waals surface area contributed by atoms with Gasteiger partial charge in [-0.1, -0.05) is 17.7 Å². The third kappa shape index (κ3) is 3.86. The minimum absolute atomic E-state index is 0.208. The van der Waals surface area contributed by atoms with Crippen molar-refractivity contribution < 1.29 is 9.18 Å². The van der Waals surface area contributed by atoms with Crippen LogP contribution in [0.4, 0.5) is 26.2 Å². The van der Waals surface area contributed by atoms with Crippen molar-refractivity contribution in [1.29, 1.82) is 0 Å². The van der Waals surface area contributed by atoms with Crippen LogP contribution in [0, 0.1) is 5.82 Å². The summed E-state index contributed by atoms with van der Waals surface area (Å²) >= 11 is 5.69. The Bertz CT molecular complexity index is 598. The largest absolute Gasteiger partial charge is 0.399 e. The highest BCUT2D eigenvalue weighted by Gasteiger charge is 2.05. The molecule has 98 valence electrons. The van der Waals surface area contributed by atoms with E-state index >= 15 is 0 Å². The summed E-state index contributed by atoms with van der Waals surface area (Å²) in [5.41, 5.74) is 6.93. The third-order valence-corrected chi connectivity index (χ3v) is 2.48. The Morgan fingerprint density at radius 2 is 1.84 bits per heavy atom. The summed E-state index contributed by atoms with van der Waals surface area (Å²) in [6.45, 7) is 0. The highest BCUT2D eigenvalue weighted by molar-refractivity contribution is 6.30. The van der Waals surface area contributed by atoms with Crippen LogP contribution in [-0.2, 0) is 0 Å². The van der Waals surface area contributed by atoms with Gasteiger partial charge >= 0.3 is 6.03 Å². The van der Waals surface area contributed by atoms with E-state index < -0.39 is 11.8 Å². The van der Waals surface area contributed by atoms with Crippen molar-refractivity contribution in [3.8, 4) is 0 Å². The molecule has 0 aliphatic rings. The molecule has 2 rings (SSSR count). The number of hydrogen-bond donors (Lipinski definition) is 3. The molecular weight excluding hydrogens is 269 g/mol. The van der Waals surface area contributed by atoms with Crippen LogP contribution in [0.2, 0.25) is 5.02 Å². The van der Waals surface area contributed by atoms with E-state index in [-0.39, 0.29) is 10.7 Å². The lowest BCUT2D eigenvalue weighted by Crippen LogP contribution is -2.19. The number of nitrogens with one attached hydrogen (secondary N) is 2. The van der Waals surface area contributed by atoms with E-state index in [9.17, 15) is 9.18 Å². The standard InChI is InChI=1S/C13H11ClFN3O/c14-8-4-9(15)6-12(5-8)18-13(19)17-11-3-1-2-10(16)7-11/h1-7H,16H2,(H2,17,18,19). The molecular formula is C13H11ClFN3O. The molecule has 0 aromatic heterocycles. The lowest BCUT2D eigenvalue weighted by Gasteiger charge is -2.08. The van der Waals surface area contributed by atoms with Crippen LogP contribution >= 0.6 is 11.6 Å². The summed E-state index contributed by atoms with van der Waals surface area (Å²) in [5.74, 6) is -0.522. The smallest absolute Gasteiger partial charge is 0.323 e. The number of hydrogen-bond acceptors (Lipinski definition) is 2. The van der Waals surface area contributed by atoms with Gasteiger partial charge in [0.2, 0.25) is 0 Å². The molecule has 0 aliphatic carbocycles. The first kappa shape index (κ1) is 13.2. The van der Waals surface area contributed by atoms with Gasteiger partial charge in [0.1, 0.15) is 5.82 Å². The van der Waals surface area contributed by atoms with Crippen molar-refractivity contribution >= 4 is 34.7 Å². The van der Waals surface area contributed by atoms with Crippen molar-refractivity contribution in [2.45, 2.75) is 0 Å². The first-order valence-corrected chi connectivity index (χ1v) is 5.80. The lowest BCUT2D eigenvalue weighted by molar-refractivity contribution is 0.262. The summed E-state index contributed by atoms with van der Waals surface area (Å²) < 4.78 is 13.1. The fourth-order valence-electron chi connectivity index (χ4n) is 1.54. The van der Waals surface area contributed by atoms with Gasteiger partial charge < -0.3 is 16.4 Å². The van der Waals surface area contributed by atoms with Crippen LogP contribution in [0.5, 0.6) is 0 Å². The fraction of sp³-hybridized carbons (Fsp3) is 0. The molecule has 4 nitrogen and oxygen atoms in total. The minimum atomic E-state index is -0.522. The second kappa shape index (κ2) is 5.58. The highest BCUT2D eigenvalue weighted by Crippen LogP contribution is 2.18. The molecule has 0 bridgehead atoms. The van der Waals surface area contributed by atoms with Gasteiger partial charge in [-0.25, -0.2) is 9.18 Å². The molecule has 0 unspecified atom stereocenters. The molecule has 0 saturated heterocycles. The van der Waals surface area contributed by atoms with Gasteiger partial charge in [0.15, 0.2) is 0 Å². The number of carbonyl (C=O) groups excluding carboxylic acids is 1. The number of carbonyl (C=O) groups is 1. The quantitative estimate of drug-likeness (QED) is 0.734. The maximum atomic E-state index is 13.1. The highest BCUT2D eigenvalue weighted by atomic mass is 35.5. The summed E-state index contributed by atoms with van der Waals surface area (Å²) in [5, 5.41) is 5.26. The average Bonchev–Trinajstić information content (AvgIpc) is 2.26. The molecule has 0 heterocycles. The van der Waals surface area contributed by atoms with E-state index in [1.54, 1.807) is 24.3 Å². The van der Waals surface area contributed by atoms with Crippen LogP contribution in [-0.4, -0.2) is 6.03 Å². The number of amides is 2. The van der Waals surface area contributed by atoms with Gasteiger partial charge in [-0.2, -0.15) is 0 Å². The topological polar surface area (TPSA) is 67.1 Å². The van der Waals surface area contributed by atoms with Crippen molar-refractivity contribution in [1.82, 2.24) is 0 Å². The van der Waals surface area contributed by atoms with Crippen LogP contribution in [0.3, 0.4) is 0 Å². The molecule has 0 fully saturated rings. The van der Waals surface area contributed by atoms with Gasteiger partial charge in [0.25, 0.3) is 0 Å². The number of benzene rings is 2. The molecule has 2 amide bonds. The van der Waals surface area contributed by atoms with Gasteiger partial charge in [-0.15, -0.1) is 0 Å². The van der Waals surface area contributed by atoms with E-state index in [0.717, 1.165) is 6.07 Å². The predicted octanol–water partition coefficient (Wildman–Crippen LogP) is 3.71. The zero-order valence-corrected chi connectivity index (χ0v) is 10.5. The second-order valence-corrected chi connectivity index (χ2v) is 4.30. The fourth-order valence-corrected chi connectivity index (χ4v) is 1.76. The van der Waals surface area contributed by atoms with E-state index in [2.05, 4.69) is 10.6 Å². The summed E-state index contributed by atoms with van der Waals surface area (Å²) in [4.78, 5) is 11.7. The molecule has 0 aliphatic heterocycles. The molecule has 2 aromatic rings. The Labute approximate surface area is 114 Å². The molecule has 0 atom stereocenters. The van der Waals surface area contributed by atoms with Gasteiger partial charge in [-0.3, -0.25) is 0 Å². The Kier molecular flexibility index (Phi) is 3.87. The Hall–Kier alpha value is -2.27. The van der Waals surface area contributed by atoms with Crippen molar-refractivity contribution in [2.24, 2.45) is 0 Å². The normalized spacial score (nSPS) is 10.0. The Morgan fingerprint density at radius 1 is 1.11 bits per heavy atom. The third-order valence-electron chi connectivity index (χ3n) is 2.26. The summed E-state index contributed by atoms with van der Waals surface area (Å²) in [6, 6.07) is 9.98. The van der Waals surface area contributed by atoms with Crippen LogP contribution in [0.1, 0.15) is 0 Å². The molecule has 0 spiro atoms. The van der Waals surface area contributed by atoms with E-state index in [4.69, 9.17) is 17.3 Å². The number of rotatable bonds is 2. The predicted molar refractivity (Wildman–Crippen MR) is 74.9 cm³/mol. The number of nitrogen functional groups attached to an aromatic ring is 1. The average molecular weight is 280 g/mol. The lowest BCUT2D eigenvalue weighted by atomic mass is 10.3. The molecule has 2 aromatic carbocycles. The summed E-state index contributed by atoms with van der Waals surface area (Å²) in [6.07, 6.45) is 0. The Morgan fingerprint density at radius 3 is 2.53 bits per heavy atom. The van der Waals surface area contributed by atoms with Crippen molar-refractivity contribution in [3.63, 3.8) is 0 Å². The summed E-state index contributed by atoms with van der Waals surface area (Å²) in [7, 11) is 0. The minimum Gasteiger partial charge on any atom is -0.399 e. The second-order valence-electron chi connectivity index (χ2n) is 3.86.